The predicted octanol–water partition coefficient (Wildman–Crippen LogP) is 3.69. The number of unbranched alkanes of at least 4 members (excludes halogenated alkanes) is 1. The maximum Gasteiger partial charge on any atom is 0.261 e. The number of nitrogens with zero attached hydrogens (tertiary/aromatic N) is 2. The summed E-state index contributed by atoms with van der Waals surface area (Å²) in [6.07, 6.45) is 2.55. The summed E-state index contributed by atoms with van der Waals surface area (Å²) in [6.45, 7) is 6.48. The largest absolute Gasteiger partial charge is 0.494 e. The standard InChI is InChI=1S/C26H30N2O5/c1-2-11-27-13-15-32-24-21-16-18(9-10-23(21)33-17-22(24)27)31-14-6-5-12-28-25(29)19-7-3-4-8-20(19)26(28)30/h3-4,7-10,16,22,24H,2,5-6,11-15,17H2,1H3/t22-,24-/m1/s1. The van der Waals surface area contributed by atoms with Crippen molar-refractivity contribution in [1.29, 1.82) is 0 Å². The molecule has 1 fully saturated rings. The first-order valence-corrected chi connectivity index (χ1v) is 11.9. The van der Waals surface area contributed by atoms with Gasteiger partial charge >= 0.3 is 0 Å². The molecule has 2 amide bonds. The van der Waals surface area contributed by atoms with Crippen LogP contribution in [0.2, 0.25) is 0 Å². The number of carbonyl (C=O) groups excluding carboxylic acids is 2. The summed E-state index contributed by atoms with van der Waals surface area (Å²) < 4.78 is 18.2. The van der Waals surface area contributed by atoms with Gasteiger partial charge in [0, 0.05) is 18.7 Å². The first-order chi connectivity index (χ1) is 16.2. The van der Waals surface area contributed by atoms with Gasteiger partial charge < -0.3 is 14.2 Å². The third-order valence-electron chi connectivity index (χ3n) is 6.63. The van der Waals surface area contributed by atoms with Crippen LogP contribution < -0.4 is 9.47 Å². The highest BCUT2D eigenvalue weighted by Gasteiger charge is 2.38. The summed E-state index contributed by atoms with van der Waals surface area (Å²) in [5.74, 6) is 1.25. The summed E-state index contributed by atoms with van der Waals surface area (Å²) in [4.78, 5) is 28.7. The van der Waals surface area contributed by atoms with Crippen molar-refractivity contribution >= 4 is 11.8 Å². The van der Waals surface area contributed by atoms with Gasteiger partial charge in [0.1, 0.15) is 24.2 Å². The quantitative estimate of drug-likeness (QED) is 0.451. The molecule has 0 unspecified atom stereocenters. The monoisotopic (exact) mass is 450 g/mol. The van der Waals surface area contributed by atoms with Crippen molar-refractivity contribution < 1.29 is 23.8 Å². The number of carbonyl (C=O) groups is 2. The summed E-state index contributed by atoms with van der Waals surface area (Å²) >= 11 is 0. The van der Waals surface area contributed by atoms with Crippen LogP contribution in [0.25, 0.3) is 0 Å². The van der Waals surface area contributed by atoms with Crippen molar-refractivity contribution in [2.24, 2.45) is 0 Å². The normalized spacial score (nSPS) is 21.9. The average molecular weight is 451 g/mol. The Hall–Kier alpha value is -2.90. The minimum absolute atomic E-state index is 0.00595. The highest BCUT2D eigenvalue weighted by atomic mass is 16.5. The van der Waals surface area contributed by atoms with Gasteiger partial charge in [0.05, 0.1) is 30.4 Å². The Kier molecular flexibility index (Phi) is 6.33. The van der Waals surface area contributed by atoms with E-state index in [2.05, 4.69) is 11.8 Å². The van der Waals surface area contributed by atoms with Crippen LogP contribution in [0, 0.1) is 0 Å². The zero-order valence-electron chi connectivity index (χ0n) is 19.0. The van der Waals surface area contributed by atoms with E-state index in [0.717, 1.165) is 49.6 Å². The van der Waals surface area contributed by atoms with Gasteiger partial charge in [-0.15, -0.1) is 0 Å². The Morgan fingerprint density at radius 3 is 2.58 bits per heavy atom. The van der Waals surface area contributed by atoms with Gasteiger partial charge in [0.15, 0.2) is 0 Å². The molecule has 33 heavy (non-hydrogen) atoms. The lowest BCUT2D eigenvalue weighted by Gasteiger charge is -2.44. The summed E-state index contributed by atoms with van der Waals surface area (Å²) in [5, 5.41) is 0. The summed E-state index contributed by atoms with van der Waals surface area (Å²) in [7, 11) is 0. The van der Waals surface area contributed by atoms with E-state index in [4.69, 9.17) is 14.2 Å². The Morgan fingerprint density at radius 1 is 1.03 bits per heavy atom. The molecule has 7 nitrogen and oxygen atoms in total. The van der Waals surface area contributed by atoms with E-state index in [-0.39, 0.29) is 24.0 Å². The fourth-order valence-electron chi connectivity index (χ4n) is 4.97. The van der Waals surface area contributed by atoms with Gasteiger partial charge in [-0.3, -0.25) is 19.4 Å². The average Bonchev–Trinajstić information content (AvgIpc) is 3.09. The van der Waals surface area contributed by atoms with E-state index in [0.29, 0.717) is 37.3 Å². The number of morpholine rings is 1. The van der Waals surface area contributed by atoms with Crippen molar-refractivity contribution in [3.63, 3.8) is 0 Å². The number of benzene rings is 2. The fourth-order valence-corrected chi connectivity index (χ4v) is 4.97. The minimum atomic E-state index is -0.203. The van der Waals surface area contributed by atoms with E-state index in [1.165, 1.54) is 4.90 Å². The lowest BCUT2D eigenvalue weighted by atomic mass is 9.96. The zero-order valence-corrected chi connectivity index (χ0v) is 19.0. The fraction of sp³-hybridized carbons (Fsp3) is 0.462. The van der Waals surface area contributed by atoms with Crippen molar-refractivity contribution in [2.45, 2.75) is 38.3 Å². The number of imide groups is 1. The SMILES string of the molecule is CCCN1CCO[C@@H]2c3cc(OCCCCN4C(=O)c5ccccc5C4=O)ccc3OC[C@H]21. The predicted molar refractivity (Wildman–Crippen MR) is 123 cm³/mol. The first-order valence-electron chi connectivity index (χ1n) is 11.9. The Balaban J connectivity index is 1.14. The minimum Gasteiger partial charge on any atom is -0.494 e. The third-order valence-corrected chi connectivity index (χ3v) is 6.63. The van der Waals surface area contributed by atoms with Crippen LogP contribution in [0.15, 0.2) is 42.5 Å². The second-order valence-corrected chi connectivity index (χ2v) is 8.77. The van der Waals surface area contributed by atoms with Crippen LogP contribution in [-0.2, 0) is 4.74 Å². The second kappa shape index (κ2) is 9.53. The molecule has 0 bridgehead atoms. The highest BCUT2D eigenvalue weighted by Crippen LogP contribution is 2.40. The van der Waals surface area contributed by atoms with Crippen molar-refractivity contribution in [3.05, 3.63) is 59.2 Å². The van der Waals surface area contributed by atoms with Gasteiger partial charge in [-0.1, -0.05) is 19.1 Å². The number of fused-ring (bicyclic) bond motifs is 4. The van der Waals surface area contributed by atoms with Gasteiger partial charge in [-0.05, 0) is 56.1 Å². The molecule has 0 aromatic heterocycles. The van der Waals surface area contributed by atoms with Gasteiger partial charge in [-0.2, -0.15) is 0 Å². The molecule has 2 aromatic rings. The van der Waals surface area contributed by atoms with Gasteiger partial charge in [0.2, 0.25) is 0 Å². The molecular formula is C26H30N2O5. The maximum atomic E-state index is 12.5. The highest BCUT2D eigenvalue weighted by molar-refractivity contribution is 6.21. The third kappa shape index (κ3) is 4.23. The number of hydrogen-bond acceptors (Lipinski definition) is 6. The summed E-state index contributed by atoms with van der Waals surface area (Å²) in [5.41, 5.74) is 2.04. The molecular weight excluding hydrogens is 420 g/mol. The topological polar surface area (TPSA) is 68.3 Å². The van der Waals surface area contributed by atoms with E-state index in [1.54, 1.807) is 24.3 Å². The molecule has 0 radical (unpaired) electrons. The smallest absolute Gasteiger partial charge is 0.261 e. The van der Waals surface area contributed by atoms with E-state index < -0.39 is 0 Å². The van der Waals surface area contributed by atoms with Crippen LogP contribution in [0.3, 0.4) is 0 Å². The molecule has 174 valence electrons. The molecule has 0 saturated carbocycles. The van der Waals surface area contributed by atoms with Crippen molar-refractivity contribution in [3.8, 4) is 11.5 Å². The van der Waals surface area contributed by atoms with Crippen LogP contribution in [0.4, 0.5) is 0 Å². The van der Waals surface area contributed by atoms with Crippen LogP contribution in [0.5, 0.6) is 11.5 Å². The van der Waals surface area contributed by atoms with Crippen molar-refractivity contribution in [2.75, 3.05) is 39.5 Å². The molecule has 3 heterocycles. The lowest BCUT2D eigenvalue weighted by molar-refractivity contribution is -0.0957. The number of amides is 2. The molecule has 2 atom stereocenters. The molecule has 3 aliphatic heterocycles. The van der Waals surface area contributed by atoms with Gasteiger partial charge in [0.25, 0.3) is 11.8 Å². The van der Waals surface area contributed by atoms with Crippen LogP contribution in [-0.4, -0.2) is 67.1 Å². The van der Waals surface area contributed by atoms with E-state index in [1.807, 2.05) is 18.2 Å². The maximum absolute atomic E-state index is 12.5. The molecule has 0 aliphatic carbocycles. The van der Waals surface area contributed by atoms with Crippen molar-refractivity contribution in [1.82, 2.24) is 9.80 Å². The summed E-state index contributed by atoms with van der Waals surface area (Å²) in [6, 6.07) is 13.1. The van der Waals surface area contributed by atoms with E-state index >= 15 is 0 Å². The number of ether oxygens (including phenoxy) is 3. The molecule has 2 aromatic carbocycles. The first kappa shape index (κ1) is 21.9. The van der Waals surface area contributed by atoms with Gasteiger partial charge in [-0.25, -0.2) is 0 Å². The Morgan fingerprint density at radius 2 is 1.82 bits per heavy atom. The molecule has 3 aliphatic rings. The Labute approximate surface area is 194 Å². The second-order valence-electron chi connectivity index (χ2n) is 8.77. The van der Waals surface area contributed by atoms with Crippen LogP contribution in [0.1, 0.15) is 58.6 Å². The molecule has 0 spiro atoms. The molecule has 7 heteroatoms. The molecule has 0 N–H and O–H groups in total. The lowest BCUT2D eigenvalue weighted by Crippen LogP contribution is -2.52. The number of rotatable bonds is 8. The van der Waals surface area contributed by atoms with E-state index in [9.17, 15) is 9.59 Å². The molecule has 1 saturated heterocycles. The van der Waals surface area contributed by atoms with Crippen LogP contribution >= 0.6 is 0 Å². The zero-order chi connectivity index (χ0) is 22.8. The Bertz CT molecular complexity index is 1000. The number of hydrogen-bond donors (Lipinski definition) is 0. The molecule has 5 rings (SSSR count).